The van der Waals surface area contributed by atoms with Crippen molar-refractivity contribution in [2.24, 2.45) is 0 Å². The lowest BCUT2D eigenvalue weighted by Crippen LogP contribution is -2.49. The number of hydrogen-bond acceptors (Lipinski definition) is 7. The molecule has 0 spiro atoms. The van der Waals surface area contributed by atoms with E-state index >= 15 is 0 Å². The monoisotopic (exact) mass is 472 g/mol. The molecule has 1 aliphatic rings. The largest absolute Gasteiger partial charge is 0.459 e. The minimum atomic E-state index is 0.0970. The molecule has 1 amide bonds. The van der Waals surface area contributed by atoms with Crippen molar-refractivity contribution >= 4 is 39.5 Å². The highest BCUT2D eigenvalue weighted by atomic mass is 79.9. The molecule has 3 aromatic rings. The second-order valence-corrected chi connectivity index (χ2v) is 8.22. The van der Waals surface area contributed by atoms with E-state index in [4.69, 9.17) is 8.83 Å². The predicted molar refractivity (Wildman–Crippen MR) is 113 cm³/mol. The van der Waals surface area contributed by atoms with Crippen molar-refractivity contribution in [1.29, 1.82) is 5.26 Å². The van der Waals surface area contributed by atoms with Crippen LogP contribution in [0.15, 0.2) is 60.9 Å². The molecule has 1 fully saturated rings. The third-order valence-electron chi connectivity index (χ3n) is 4.55. The molecule has 0 bridgehead atoms. The van der Waals surface area contributed by atoms with Crippen LogP contribution >= 0.6 is 27.7 Å². The first-order valence-corrected chi connectivity index (χ1v) is 10.8. The Morgan fingerprint density at radius 1 is 1.21 bits per heavy atom. The Bertz CT molecular complexity index is 1040. The average Bonchev–Trinajstić information content (AvgIpc) is 3.42. The molecule has 1 aromatic carbocycles. The zero-order chi connectivity index (χ0) is 20.2. The summed E-state index contributed by atoms with van der Waals surface area (Å²) in [5.41, 5.74) is 0.223. The van der Waals surface area contributed by atoms with Gasteiger partial charge < -0.3 is 18.6 Å². The Morgan fingerprint density at radius 3 is 2.69 bits per heavy atom. The number of oxazole rings is 1. The standard InChI is InChI=1S/C20H17BrN4O3S/c21-14-4-1-2-6-17(14)29-13-18(26)24-7-9-25(10-8-24)20-15(12-22)23-19(28-20)16-5-3-11-27-16/h1-6,11H,7-10,13H2. The predicted octanol–water partition coefficient (Wildman–Crippen LogP) is 4.01. The fraction of sp³-hybridized carbons (Fsp3) is 0.250. The summed E-state index contributed by atoms with van der Waals surface area (Å²) < 4.78 is 12.1. The molecular formula is C20H17BrN4O3S. The maximum absolute atomic E-state index is 12.6. The SMILES string of the molecule is N#Cc1nc(-c2ccco2)oc1N1CCN(C(=O)CSc2ccccc2Br)CC1. The first kappa shape index (κ1) is 19.6. The van der Waals surface area contributed by atoms with Gasteiger partial charge in [0.15, 0.2) is 5.76 Å². The van der Waals surface area contributed by atoms with Gasteiger partial charge in [-0.05, 0) is 40.2 Å². The number of thioether (sulfide) groups is 1. The van der Waals surface area contributed by atoms with E-state index in [1.54, 1.807) is 12.1 Å². The van der Waals surface area contributed by atoms with E-state index < -0.39 is 0 Å². The number of rotatable bonds is 5. The van der Waals surface area contributed by atoms with Crippen LogP contribution in [-0.2, 0) is 4.79 Å². The van der Waals surface area contributed by atoms with Crippen LogP contribution in [-0.4, -0.2) is 47.7 Å². The van der Waals surface area contributed by atoms with E-state index in [0.717, 1.165) is 9.37 Å². The smallest absolute Gasteiger partial charge is 0.266 e. The van der Waals surface area contributed by atoms with Crippen LogP contribution in [0.25, 0.3) is 11.7 Å². The molecule has 4 rings (SSSR count). The van der Waals surface area contributed by atoms with Crippen LogP contribution in [0.3, 0.4) is 0 Å². The van der Waals surface area contributed by atoms with Gasteiger partial charge in [-0.2, -0.15) is 10.2 Å². The number of aromatic nitrogens is 1. The summed E-state index contributed by atoms with van der Waals surface area (Å²) in [6, 6.07) is 13.4. The van der Waals surface area contributed by atoms with Gasteiger partial charge in [0.25, 0.3) is 5.89 Å². The van der Waals surface area contributed by atoms with Crippen molar-refractivity contribution in [1.82, 2.24) is 9.88 Å². The molecule has 2 aromatic heterocycles. The molecule has 1 aliphatic heterocycles. The van der Waals surface area contributed by atoms with Gasteiger partial charge in [-0.15, -0.1) is 11.8 Å². The molecule has 7 nitrogen and oxygen atoms in total. The number of nitrogens with zero attached hydrogens (tertiary/aromatic N) is 4. The highest BCUT2D eigenvalue weighted by molar-refractivity contribution is 9.10. The van der Waals surface area contributed by atoms with E-state index in [2.05, 4.69) is 27.0 Å². The summed E-state index contributed by atoms with van der Waals surface area (Å²) in [6.07, 6.45) is 1.53. The highest BCUT2D eigenvalue weighted by Gasteiger charge is 2.27. The van der Waals surface area contributed by atoms with Crippen molar-refractivity contribution in [2.75, 3.05) is 36.8 Å². The number of anilines is 1. The van der Waals surface area contributed by atoms with E-state index in [1.165, 1.54) is 18.0 Å². The number of furan rings is 1. The van der Waals surface area contributed by atoms with Crippen molar-refractivity contribution < 1.29 is 13.6 Å². The molecule has 0 aliphatic carbocycles. The number of amides is 1. The van der Waals surface area contributed by atoms with Crippen LogP contribution in [0, 0.1) is 11.3 Å². The first-order chi connectivity index (χ1) is 14.2. The quantitative estimate of drug-likeness (QED) is 0.518. The van der Waals surface area contributed by atoms with Gasteiger partial charge in [-0.25, -0.2) is 0 Å². The lowest BCUT2D eigenvalue weighted by Gasteiger charge is -2.34. The molecule has 9 heteroatoms. The van der Waals surface area contributed by atoms with Crippen LogP contribution < -0.4 is 4.90 Å². The van der Waals surface area contributed by atoms with E-state index in [1.807, 2.05) is 34.1 Å². The molecule has 29 heavy (non-hydrogen) atoms. The van der Waals surface area contributed by atoms with Gasteiger partial charge in [0.05, 0.1) is 12.0 Å². The molecular weight excluding hydrogens is 456 g/mol. The zero-order valence-corrected chi connectivity index (χ0v) is 17.8. The Balaban J connectivity index is 1.36. The molecule has 148 valence electrons. The number of carbonyl (C=O) groups is 1. The summed E-state index contributed by atoms with van der Waals surface area (Å²) >= 11 is 5.02. The fourth-order valence-corrected chi connectivity index (χ4v) is 4.53. The van der Waals surface area contributed by atoms with Crippen molar-refractivity contribution in [2.45, 2.75) is 4.90 Å². The van der Waals surface area contributed by atoms with Crippen LogP contribution in [0.4, 0.5) is 5.88 Å². The molecule has 0 radical (unpaired) electrons. The van der Waals surface area contributed by atoms with Gasteiger partial charge >= 0.3 is 0 Å². The first-order valence-electron chi connectivity index (χ1n) is 9.00. The van der Waals surface area contributed by atoms with E-state index in [0.29, 0.717) is 43.6 Å². The van der Waals surface area contributed by atoms with Crippen molar-refractivity contribution in [3.63, 3.8) is 0 Å². The number of benzene rings is 1. The second kappa shape index (κ2) is 8.76. The van der Waals surface area contributed by atoms with E-state index in [-0.39, 0.29) is 17.5 Å². The summed E-state index contributed by atoms with van der Waals surface area (Å²) in [5.74, 6) is 1.67. The minimum absolute atomic E-state index is 0.0970. The molecule has 0 N–H and O–H groups in total. The van der Waals surface area contributed by atoms with Gasteiger partial charge in [0.2, 0.25) is 17.5 Å². The average molecular weight is 473 g/mol. The lowest BCUT2D eigenvalue weighted by molar-refractivity contribution is -0.128. The second-order valence-electron chi connectivity index (χ2n) is 6.35. The molecule has 1 saturated heterocycles. The van der Waals surface area contributed by atoms with Crippen molar-refractivity contribution in [3.05, 3.63) is 52.8 Å². The number of halogens is 1. The molecule has 3 heterocycles. The molecule has 0 saturated carbocycles. The van der Waals surface area contributed by atoms with Crippen molar-refractivity contribution in [3.8, 4) is 17.7 Å². The maximum Gasteiger partial charge on any atom is 0.266 e. The summed E-state index contributed by atoms with van der Waals surface area (Å²) in [4.78, 5) is 21.6. The number of piperazine rings is 1. The Hall–Kier alpha value is -2.70. The van der Waals surface area contributed by atoms with Gasteiger partial charge in [-0.3, -0.25) is 4.79 Å². The Kier molecular flexibility index (Phi) is 5.92. The molecule has 0 unspecified atom stereocenters. The fourth-order valence-electron chi connectivity index (χ4n) is 3.06. The van der Waals surface area contributed by atoms with Crippen LogP contribution in [0.1, 0.15) is 5.69 Å². The van der Waals surface area contributed by atoms with Crippen LogP contribution in [0.5, 0.6) is 0 Å². The number of nitriles is 1. The normalized spacial score (nSPS) is 14.1. The van der Waals surface area contributed by atoms with Gasteiger partial charge in [0, 0.05) is 35.5 Å². The van der Waals surface area contributed by atoms with E-state index in [9.17, 15) is 10.1 Å². The minimum Gasteiger partial charge on any atom is -0.459 e. The Morgan fingerprint density at radius 2 is 2.00 bits per heavy atom. The topological polar surface area (TPSA) is 86.5 Å². The third-order valence-corrected chi connectivity index (χ3v) is 6.57. The summed E-state index contributed by atoms with van der Waals surface area (Å²) in [5, 5.41) is 9.40. The maximum atomic E-state index is 12.6. The number of carbonyl (C=O) groups excluding carboxylic acids is 1. The Labute approximate surface area is 180 Å². The summed E-state index contributed by atoms with van der Waals surface area (Å²) in [7, 11) is 0. The summed E-state index contributed by atoms with van der Waals surface area (Å²) in [6.45, 7) is 2.29. The highest BCUT2D eigenvalue weighted by Crippen LogP contribution is 2.30. The number of hydrogen-bond donors (Lipinski definition) is 0. The molecule has 0 atom stereocenters. The van der Waals surface area contributed by atoms with Crippen LogP contribution in [0.2, 0.25) is 0 Å². The third kappa shape index (κ3) is 4.33. The zero-order valence-electron chi connectivity index (χ0n) is 15.4. The van der Waals surface area contributed by atoms with Gasteiger partial charge in [-0.1, -0.05) is 12.1 Å². The van der Waals surface area contributed by atoms with Gasteiger partial charge in [0.1, 0.15) is 6.07 Å². The lowest BCUT2D eigenvalue weighted by atomic mass is 10.3.